The number of carbonyl (C=O) groups excluding carboxylic acids is 1. The highest BCUT2D eigenvalue weighted by Gasteiger charge is 2.35. The van der Waals surface area contributed by atoms with Crippen LogP contribution in [-0.2, 0) is 16.6 Å². The smallest absolute Gasteiger partial charge is 0.407 e. The molecule has 3 aromatic rings. The molecule has 5 heteroatoms. The number of rotatable bonds is 6. The Morgan fingerprint density at radius 1 is 1.00 bits per heavy atom. The lowest BCUT2D eigenvalue weighted by atomic mass is 9.78. The molecule has 166 valence electrons. The molecule has 0 spiro atoms. The van der Waals surface area contributed by atoms with Crippen molar-refractivity contribution in [3.05, 3.63) is 101 Å². The van der Waals surface area contributed by atoms with E-state index in [4.69, 9.17) is 9.47 Å². The van der Waals surface area contributed by atoms with E-state index in [1.165, 1.54) is 12.1 Å². The number of hydrogen-bond acceptors (Lipinski definition) is 3. The van der Waals surface area contributed by atoms with E-state index in [0.717, 1.165) is 28.0 Å². The number of ether oxygens (including phenoxy) is 2. The van der Waals surface area contributed by atoms with Crippen LogP contribution in [0, 0.1) is 5.82 Å². The van der Waals surface area contributed by atoms with Gasteiger partial charge in [-0.25, -0.2) is 9.18 Å². The van der Waals surface area contributed by atoms with Crippen molar-refractivity contribution < 1.29 is 18.7 Å². The molecule has 1 aliphatic rings. The molecule has 3 aromatic carbocycles. The number of fused-ring (bicyclic) bond motifs is 1. The van der Waals surface area contributed by atoms with E-state index in [1.54, 1.807) is 6.92 Å². The monoisotopic (exact) mass is 433 g/mol. The first-order valence-corrected chi connectivity index (χ1v) is 10.9. The fraction of sp³-hybridized carbons (Fsp3) is 0.296. The van der Waals surface area contributed by atoms with Gasteiger partial charge in [-0.1, -0.05) is 62.4 Å². The van der Waals surface area contributed by atoms with Crippen molar-refractivity contribution in [2.75, 3.05) is 6.61 Å². The number of hydrogen-bond donors (Lipinski definition) is 1. The molecule has 0 saturated heterocycles. The quantitative estimate of drug-likeness (QED) is 0.523. The van der Waals surface area contributed by atoms with Gasteiger partial charge in [-0.3, -0.25) is 0 Å². The molecule has 4 nitrogen and oxygen atoms in total. The van der Waals surface area contributed by atoms with E-state index in [1.807, 2.05) is 54.6 Å². The number of alkyl carbamates (subject to hydrolysis) is 1. The second-order valence-corrected chi connectivity index (χ2v) is 8.57. The zero-order valence-corrected chi connectivity index (χ0v) is 18.6. The van der Waals surface area contributed by atoms with Crippen molar-refractivity contribution in [3.8, 4) is 5.75 Å². The molecule has 32 heavy (non-hydrogen) atoms. The molecule has 1 amide bonds. The van der Waals surface area contributed by atoms with Crippen LogP contribution in [0.3, 0.4) is 0 Å². The Hall–Kier alpha value is -3.34. The highest BCUT2D eigenvalue weighted by atomic mass is 19.1. The summed E-state index contributed by atoms with van der Waals surface area (Å²) < 4.78 is 24.8. The summed E-state index contributed by atoms with van der Waals surface area (Å²) in [6.07, 6.45) is -0.0446. The van der Waals surface area contributed by atoms with Crippen molar-refractivity contribution in [2.45, 2.75) is 44.8 Å². The fourth-order valence-corrected chi connectivity index (χ4v) is 4.28. The van der Waals surface area contributed by atoms with Crippen LogP contribution in [0.25, 0.3) is 0 Å². The van der Waals surface area contributed by atoms with E-state index >= 15 is 0 Å². The first kappa shape index (κ1) is 21.9. The number of carbonyl (C=O) groups is 1. The van der Waals surface area contributed by atoms with Gasteiger partial charge in [-0.2, -0.15) is 0 Å². The summed E-state index contributed by atoms with van der Waals surface area (Å²) in [7, 11) is 0. The largest absolute Gasteiger partial charge is 0.484 e. The molecule has 0 radical (unpaired) electrons. The van der Waals surface area contributed by atoms with Crippen LogP contribution in [0.15, 0.2) is 72.8 Å². The van der Waals surface area contributed by atoms with Crippen LogP contribution >= 0.6 is 0 Å². The second-order valence-electron chi connectivity index (χ2n) is 8.57. The lowest BCUT2D eigenvalue weighted by Gasteiger charge is -2.27. The molecule has 0 aliphatic heterocycles. The van der Waals surface area contributed by atoms with Gasteiger partial charge in [0.2, 0.25) is 0 Å². The van der Waals surface area contributed by atoms with Crippen LogP contribution in [0.2, 0.25) is 0 Å². The first-order chi connectivity index (χ1) is 15.4. The molecule has 0 aromatic heterocycles. The number of amides is 1. The minimum Gasteiger partial charge on any atom is -0.484 e. The lowest BCUT2D eigenvalue weighted by Crippen LogP contribution is -2.39. The predicted molar refractivity (Wildman–Crippen MR) is 122 cm³/mol. The maximum absolute atomic E-state index is 13.3. The predicted octanol–water partition coefficient (Wildman–Crippen LogP) is 5.94. The summed E-state index contributed by atoms with van der Waals surface area (Å²) in [5, 5.41) is 2.94. The minimum atomic E-state index is -0.435. The van der Waals surface area contributed by atoms with Crippen molar-refractivity contribution in [3.63, 3.8) is 0 Å². The van der Waals surface area contributed by atoms with Gasteiger partial charge in [0, 0.05) is 5.41 Å². The number of benzene rings is 3. The van der Waals surface area contributed by atoms with Gasteiger partial charge in [0.25, 0.3) is 0 Å². The highest BCUT2D eigenvalue weighted by Crippen LogP contribution is 2.37. The van der Waals surface area contributed by atoms with Crippen LogP contribution in [0.5, 0.6) is 5.75 Å². The van der Waals surface area contributed by atoms with Crippen molar-refractivity contribution in [2.24, 2.45) is 0 Å². The minimum absolute atomic E-state index is 0.207. The van der Waals surface area contributed by atoms with Crippen LogP contribution in [0.1, 0.15) is 49.1 Å². The summed E-state index contributed by atoms with van der Waals surface area (Å²) in [6.45, 7) is 6.33. The molecule has 0 fully saturated rings. The van der Waals surface area contributed by atoms with E-state index in [-0.39, 0.29) is 23.4 Å². The van der Waals surface area contributed by atoms with Crippen molar-refractivity contribution in [1.82, 2.24) is 5.32 Å². The normalized spacial score (nSPS) is 17.5. The van der Waals surface area contributed by atoms with Gasteiger partial charge in [-0.05, 0) is 59.9 Å². The van der Waals surface area contributed by atoms with E-state index in [0.29, 0.717) is 13.0 Å². The average molecular weight is 434 g/mol. The SMILES string of the molecule is CCOC(=O)N[C@@H]1Cc2ccccc2[C@H]1Oc1ccc(C(C)(C)c2ccc(F)cc2)cc1. The summed E-state index contributed by atoms with van der Waals surface area (Å²) in [5.41, 5.74) is 4.10. The highest BCUT2D eigenvalue weighted by molar-refractivity contribution is 5.68. The van der Waals surface area contributed by atoms with Gasteiger partial charge >= 0.3 is 6.09 Å². The lowest BCUT2D eigenvalue weighted by molar-refractivity contribution is 0.126. The van der Waals surface area contributed by atoms with Crippen molar-refractivity contribution in [1.29, 1.82) is 0 Å². The van der Waals surface area contributed by atoms with Gasteiger partial charge < -0.3 is 14.8 Å². The van der Waals surface area contributed by atoms with Crippen molar-refractivity contribution >= 4 is 6.09 Å². The Morgan fingerprint density at radius 2 is 1.62 bits per heavy atom. The summed E-state index contributed by atoms with van der Waals surface area (Å²) >= 11 is 0. The molecule has 2 atom stereocenters. The summed E-state index contributed by atoms with van der Waals surface area (Å²) in [4.78, 5) is 12.0. The zero-order chi connectivity index (χ0) is 22.7. The summed E-state index contributed by atoms with van der Waals surface area (Å²) in [6, 6.07) is 22.5. The Balaban J connectivity index is 1.54. The third-order valence-electron chi connectivity index (χ3n) is 6.15. The van der Waals surface area contributed by atoms with Gasteiger partial charge in [0.1, 0.15) is 17.7 Å². The van der Waals surface area contributed by atoms with E-state index < -0.39 is 6.09 Å². The van der Waals surface area contributed by atoms with Gasteiger partial charge in [0.15, 0.2) is 0 Å². The molecule has 4 rings (SSSR count). The molecule has 1 N–H and O–H groups in total. The molecular formula is C27H28FNO3. The van der Waals surface area contributed by atoms with Gasteiger partial charge in [0.05, 0.1) is 12.6 Å². The zero-order valence-electron chi connectivity index (χ0n) is 18.6. The molecular weight excluding hydrogens is 405 g/mol. The Kier molecular flexibility index (Phi) is 6.17. The van der Waals surface area contributed by atoms with Gasteiger partial charge in [-0.15, -0.1) is 0 Å². The van der Waals surface area contributed by atoms with Crippen LogP contribution in [-0.4, -0.2) is 18.7 Å². The third-order valence-corrected chi connectivity index (χ3v) is 6.15. The first-order valence-electron chi connectivity index (χ1n) is 10.9. The van der Waals surface area contributed by atoms with Crippen LogP contribution in [0.4, 0.5) is 9.18 Å². The number of halogens is 1. The Labute approximate surface area is 188 Å². The number of nitrogens with one attached hydrogen (secondary N) is 1. The Bertz CT molecular complexity index is 1080. The Morgan fingerprint density at radius 3 is 2.28 bits per heavy atom. The maximum atomic E-state index is 13.3. The van der Waals surface area contributed by atoms with E-state index in [9.17, 15) is 9.18 Å². The average Bonchev–Trinajstić information content (AvgIpc) is 3.11. The molecule has 0 saturated carbocycles. The third kappa shape index (κ3) is 4.47. The maximum Gasteiger partial charge on any atom is 0.407 e. The molecule has 0 bridgehead atoms. The molecule has 1 aliphatic carbocycles. The summed E-state index contributed by atoms with van der Waals surface area (Å²) in [5.74, 6) is 0.483. The molecule has 0 unspecified atom stereocenters. The molecule has 0 heterocycles. The fourth-order valence-electron chi connectivity index (χ4n) is 4.28. The van der Waals surface area contributed by atoms with Crippen LogP contribution < -0.4 is 10.1 Å². The standard InChI is InChI=1S/C27H28FNO3/c1-4-31-26(30)29-24-17-18-7-5-6-8-23(18)25(24)32-22-15-11-20(12-16-22)27(2,3)19-9-13-21(28)14-10-19/h5-16,24-25H,4,17H2,1-3H3,(H,29,30)/t24-,25-/m1/s1. The second kappa shape index (κ2) is 9.03. The van der Waals surface area contributed by atoms with E-state index in [2.05, 4.69) is 25.2 Å². The topological polar surface area (TPSA) is 47.6 Å².